The first-order valence-electron chi connectivity index (χ1n) is 9.24. The van der Waals surface area contributed by atoms with Crippen molar-refractivity contribution >= 4 is 17.4 Å². The summed E-state index contributed by atoms with van der Waals surface area (Å²) in [5, 5.41) is 16.6. The van der Waals surface area contributed by atoms with E-state index in [1.165, 1.54) is 6.26 Å². The Morgan fingerprint density at radius 2 is 1.96 bits per heavy atom. The van der Waals surface area contributed by atoms with Gasteiger partial charge in [-0.25, -0.2) is 0 Å². The van der Waals surface area contributed by atoms with Gasteiger partial charge in [-0.15, -0.1) is 15.3 Å². The molecule has 27 heavy (non-hydrogen) atoms. The van der Waals surface area contributed by atoms with Gasteiger partial charge < -0.3 is 14.6 Å². The summed E-state index contributed by atoms with van der Waals surface area (Å²) in [6.07, 6.45) is 3.25. The molecule has 8 nitrogen and oxygen atoms in total. The van der Waals surface area contributed by atoms with E-state index in [-0.39, 0.29) is 17.4 Å². The zero-order chi connectivity index (χ0) is 19.0. The van der Waals surface area contributed by atoms with Gasteiger partial charge in [0.1, 0.15) is 5.82 Å². The van der Waals surface area contributed by atoms with Crippen LogP contribution in [-0.2, 0) is 5.41 Å². The predicted molar refractivity (Wildman–Crippen MR) is 101 cm³/mol. The summed E-state index contributed by atoms with van der Waals surface area (Å²) in [5.74, 6) is 1.98. The maximum atomic E-state index is 12.4. The van der Waals surface area contributed by atoms with Crippen LogP contribution in [0, 0.1) is 0 Å². The molecule has 3 aromatic heterocycles. The first-order chi connectivity index (χ1) is 12.9. The summed E-state index contributed by atoms with van der Waals surface area (Å²) in [6.45, 7) is 7.67. The molecule has 8 heteroatoms. The molecule has 0 radical (unpaired) electrons. The topological polar surface area (TPSA) is 88.6 Å². The van der Waals surface area contributed by atoms with Gasteiger partial charge in [-0.3, -0.25) is 4.79 Å². The largest absolute Gasteiger partial charge is 0.459 e. The molecule has 0 aromatic carbocycles. The van der Waals surface area contributed by atoms with Crippen LogP contribution >= 0.6 is 0 Å². The fourth-order valence-corrected chi connectivity index (χ4v) is 3.33. The van der Waals surface area contributed by atoms with Crippen LogP contribution in [0.3, 0.4) is 0 Å². The van der Waals surface area contributed by atoms with Crippen LogP contribution in [0.25, 0.3) is 5.65 Å². The van der Waals surface area contributed by atoms with Gasteiger partial charge in [0.2, 0.25) is 0 Å². The van der Waals surface area contributed by atoms with Crippen molar-refractivity contribution in [1.29, 1.82) is 0 Å². The van der Waals surface area contributed by atoms with Gasteiger partial charge >= 0.3 is 0 Å². The maximum absolute atomic E-state index is 12.4. The van der Waals surface area contributed by atoms with E-state index >= 15 is 0 Å². The zero-order valence-corrected chi connectivity index (χ0v) is 15.8. The van der Waals surface area contributed by atoms with Crippen molar-refractivity contribution in [2.24, 2.45) is 0 Å². The van der Waals surface area contributed by atoms with Crippen molar-refractivity contribution in [3.8, 4) is 0 Å². The third-order valence-corrected chi connectivity index (χ3v) is 4.80. The predicted octanol–water partition coefficient (Wildman–Crippen LogP) is 2.73. The number of rotatable bonds is 3. The molecule has 142 valence electrons. The summed E-state index contributed by atoms with van der Waals surface area (Å²) in [5.41, 5.74) is 0.604. The molecule has 1 saturated heterocycles. The third kappa shape index (κ3) is 3.51. The monoisotopic (exact) mass is 368 g/mol. The van der Waals surface area contributed by atoms with Gasteiger partial charge in [-0.05, 0) is 37.1 Å². The summed E-state index contributed by atoms with van der Waals surface area (Å²) in [7, 11) is 0. The Morgan fingerprint density at radius 3 is 2.63 bits per heavy atom. The number of nitrogens with one attached hydrogen (secondary N) is 1. The minimum absolute atomic E-state index is 0.0442. The number of hydrogen-bond donors (Lipinski definition) is 1. The fourth-order valence-electron chi connectivity index (χ4n) is 3.33. The normalized spacial score (nSPS) is 16.0. The smallest absolute Gasteiger partial charge is 0.289 e. The number of anilines is 1. The van der Waals surface area contributed by atoms with Crippen molar-refractivity contribution in [3.63, 3.8) is 0 Å². The minimum Gasteiger partial charge on any atom is -0.459 e. The Labute approximate surface area is 157 Å². The SMILES string of the molecule is CC(C)(C)c1nnc2ccc(NC3CCN(C(=O)c4ccco4)CC3)nn12. The van der Waals surface area contributed by atoms with Gasteiger partial charge in [0.25, 0.3) is 5.91 Å². The first kappa shape index (κ1) is 17.5. The number of fused-ring (bicyclic) bond motifs is 1. The first-order valence-corrected chi connectivity index (χ1v) is 9.24. The van der Waals surface area contributed by atoms with Gasteiger partial charge in [-0.2, -0.15) is 4.52 Å². The van der Waals surface area contributed by atoms with E-state index < -0.39 is 0 Å². The third-order valence-electron chi connectivity index (χ3n) is 4.80. The van der Waals surface area contributed by atoms with E-state index in [0.717, 1.165) is 30.1 Å². The van der Waals surface area contributed by atoms with Crippen LogP contribution in [-0.4, -0.2) is 49.7 Å². The highest BCUT2D eigenvalue weighted by Crippen LogP contribution is 2.22. The molecule has 0 spiro atoms. The lowest BCUT2D eigenvalue weighted by Gasteiger charge is -2.32. The van der Waals surface area contributed by atoms with E-state index in [0.29, 0.717) is 18.8 Å². The number of amides is 1. The van der Waals surface area contributed by atoms with E-state index in [1.54, 1.807) is 16.6 Å². The standard InChI is InChI=1S/C19H24N6O2/c1-19(2,3)18-22-21-16-7-6-15(23-25(16)18)20-13-8-10-24(11-9-13)17(26)14-5-4-12-27-14/h4-7,12-13H,8-11H2,1-3H3,(H,20,23). The number of aromatic nitrogens is 4. The summed E-state index contributed by atoms with van der Waals surface area (Å²) >= 11 is 0. The fraction of sp³-hybridized carbons (Fsp3) is 0.474. The van der Waals surface area contributed by atoms with Crippen LogP contribution in [0.4, 0.5) is 5.82 Å². The number of piperidine rings is 1. The van der Waals surface area contributed by atoms with Crippen molar-refractivity contribution in [3.05, 3.63) is 42.1 Å². The van der Waals surface area contributed by atoms with Crippen LogP contribution < -0.4 is 5.32 Å². The Balaban J connectivity index is 1.42. The van der Waals surface area contributed by atoms with E-state index in [4.69, 9.17) is 4.42 Å². The Bertz CT molecular complexity index is 933. The van der Waals surface area contributed by atoms with Crippen LogP contribution in [0.2, 0.25) is 0 Å². The second-order valence-electron chi connectivity index (χ2n) is 7.95. The van der Waals surface area contributed by atoms with Crippen LogP contribution in [0.5, 0.6) is 0 Å². The van der Waals surface area contributed by atoms with Crippen molar-refractivity contribution in [1.82, 2.24) is 24.7 Å². The molecule has 1 aliphatic heterocycles. The highest BCUT2D eigenvalue weighted by Gasteiger charge is 2.26. The molecular weight excluding hydrogens is 344 g/mol. The van der Waals surface area contributed by atoms with Crippen LogP contribution in [0.1, 0.15) is 50.0 Å². The number of carbonyl (C=O) groups excluding carboxylic acids is 1. The molecule has 0 saturated carbocycles. The Morgan fingerprint density at radius 1 is 1.19 bits per heavy atom. The van der Waals surface area contributed by atoms with E-state index in [2.05, 4.69) is 41.4 Å². The second-order valence-corrected chi connectivity index (χ2v) is 7.95. The molecule has 4 rings (SSSR count). The average Bonchev–Trinajstić information content (AvgIpc) is 3.31. The molecule has 3 aromatic rings. The quantitative estimate of drug-likeness (QED) is 0.765. The van der Waals surface area contributed by atoms with Crippen molar-refractivity contribution in [2.45, 2.75) is 45.1 Å². The highest BCUT2D eigenvalue weighted by atomic mass is 16.3. The molecule has 4 heterocycles. The van der Waals surface area contributed by atoms with Gasteiger partial charge in [0, 0.05) is 24.5 Å². The summed E-state index contributed by atoms with van der Waals surface area (Å²) < 4.78 is 7.01. The van der Waals surface area contributed by atoms with Crippen molar-refractivity contribution < 1.29 is 9.21 Å². The Hall–Kier alpha value is -2.90. The molecular formula is C19H24N6O2. The van der Waals surface area contributed by atoms with Crippen LogP contribution in [0.15, 0.2) is 34.9 Å². The second kappa shape index (κ2) is 6.68. The average molecular weight is 368 g/mol. The highest BCUT2D eigenvalue weighted by molar-refractivity contribution is 5.91. The number of furan rings is 1. The molecule has 0 aliphatic carbocycles. The Kier molecular flexibility index (Phi) is 4.33. The zero-order valence-electron chi connectivity index (χ0n) is 15.8. The number of hydrogen-bond acceptors (Lipinski definition) is 6. The molecule has 1 N–H and O–H groups in total. The molecule has 1 fully saturated rings. The summed E-state index contributed by atoms with van der Waals surface area (Å²) in [6, 6.07) is 7.56. The van der Waals surface area contributed by atoms with Crippen molar-refractivity contribution in [2.75, 3.05) is 18.4 Å². The number of nitrogens with zero attached hydrogens (tertiary/aromatic N) is 5. The van der Waals surface area contributed by atoms with Gasteiger partial charge in [-0.1, -0.05) is 20.8 Å². The lowest BCUT2D eigenvalue weighted by atomic mass is 9.96. The lowest BCUT2D eigenvalue weighted by Crippen LogP contribution is -2.42. The van der Waals surface area contributed by atoms with Gasteiger partial charge in [0.15, 0.2) is 17.2 Å². The molecule has 1 aliphatic rings. The number of carbonyl (C=O) groups is 1. The van der Waals surface area contributed by atoms with Gasteiger partial charge in [0.05, 0.1) is 6.26 Å². The molecule has 0 unspecified atom stereocenters. The molecule has 1 amide bonds. The minimum atomic E-state index is -0.136. The molecule has 0 atom stereocenters. The lowest BCUT2D eigenvalue weighted by molar-refractivity contribution is 0.0686. The maximum Gasteiger partial charge on any atom is 0.289 e. The van der Waals surface area contributed by atoms with E-state index in [1.807, 2.05) is 17.0 Å². The number of likely N-dealkylation sites (tertiary alicyclic amines) is 1. The summed E-state index contributed by atoms with van der Waals surface area (Å²) in [4.78, 5) is 14.2. The molecule has 0 bridgehead atoms. The van der Waals surface area contributed by atoms with E-state index in [9.17, 15) is 4.79 Å².